The van der Waals surface area contributed by atoms with E-state index in [1.54, 1.807) is 12.1 Å². The maximum atomic E-state index is 13.0. The number of carbonyl (C=O) groups excluding carboxylic acids is 1. The first kappa shape index (κ1) is 14.3. The Bertz CT molecular complexity index is 634. The van der Waals surface area contributed by atoms with Gasteiger partial charge in [0, 0.05) is 5.69 Å². The van der Waals surface area contributed by atoms with Crippen LogP contribution in [0.15, 0.2) is 46.9 Å². The third-order valence-electron chi connectivity index (χ3n) is 2.48. The molecule has 0 atom stereocenters. The highest BCUT2D eigenvalue weighted by atomic mass is 79.9. The zero-order valence-electron chi connectivity index (χ0n) is 10.4. The summed E-state index contributed by atoms with van der Waals surface area (Å²) in [6, 6.07) is 11.2. The van der Waals surface area contributed by atoms with Gasteiger partial charge in [-0.15, -0.1) is 0 Å². The van der Waals surface area contributed by atoms with E-state index < -0.39 is 5.82 Å². The van der Waals surface area contributed by atoms with Crippen molar-refractivity contribution < 1.29 is 13.9 Å². The molecule has 2 aromatic rings. The van der Waals surface area contributed by atoms with Gasteiger partial charge in [0.2, 0.25) is 0 Å². The molecule has 0 saturated carbocycles. The fraction of sp³-hybridized carbons (Fsp3) is 0.0714. The summed E-state index contributed by atoms with van der Waals surface area (Å²) < 4.78 is 19.1. The van der Waals surface area contributed by atoms with E-state index in [1.165, 1.54) is 18.2 Å². The van der Waals surface area contributed by atoms with Crippen LogP contribution < -0.4 is 15.8 Å². The van der Waals surface area contributed by atoms with Gasteiger partial charge in [0.25, 0.3) is 5.91 Å². The van der Waals surface area contributed by atoms with Gasteiger partial charge in [-0.05, 0) is 46.3 Å². The van der Waals surface area contributed by atoms with Crippen molar-refractivity contribution in [1.82, 2.24) is 0 Å². The molecule has 1 amide bonds. The molecule has 0 unspecified atom stereocenters. The first-order chi connectivity index (χ1) is 9.56. The molecule has 6 heteroatoms. The molecule has 0 aromatic heterocycles. The number of amides is 1. The Balaban J connectivity index is 1.93. The number of nitrogens with one attached hydrogen (secondary N) is 1. The van der Waals surface area contributed by atoms with Crippen LogP contribution in [0.5, 0.6) is 5.75 Å². The van der Waals surface area contributed by atoms with Gasteiger partial charge in [-0.3, -0.25) is 4.79 Å². The summed E-state index contributed by atoms with van der Waals surface area (Å²) in [6.45, 7) is -0.153. The van der Waals surface area contributed by atoms with Crippen molar-refractivity contribution in [2.45, 2.75) is 0 Å². The number of anilines is 2. The normalized spacial score (nSPS) is 10.1. The van der Waals surface area contributed by atoms with Crippen molar-refractivity contribution in [2.24, 2.45) is 0 Å². The second-order valence-electron chi connectivity index (χ2n) is 4.00. The lowest BCUT2D eigenvalue weighted by molar-refractivity contribution is -0.118. The number of hydrogen-bond acceptors (Lipinski definition) is 3. The highest BCUT2D eigenvalue weighted by molar-refractivity contribution is 9.10. The lowest BCUT2D eigenvalue weighted by Gasteiger charge is -2.09. The number of nitrogen functional groups attached to an aromatic ring is 1. The number of rotatable bonds is 4. The molecule has 0 fully saturated rings. The fourth-order valence-corrected chi connectivity index (χ4v) is 1.92. The van der Waals surface area contributed by atoms with E-state index in [9.17, 15) is 9.18 Å². The van der Waals surface area contributed by atoms with Gasteiger partial charge in [-0.1, -0.05) is 12.1 Å². The van der Waals surface area contributed by atoms with Crippen molar-refractivity contribution in [3.8, 4) is 5.75 Å². The van der Waals surface area contributed by atoms with E-state index in [0.717, 1.165) is 4.47 Å². The van der Waals surface area contributed by atoms with E-state index in [0.29, 0.717) is 11.4 Å². The van der Waals surface area contributed by atoms with Crippen LogP contribution in [0.1, 0.15) is 0 Å². The number of benzene rings is 2. The molecule has 0 spiro atoms. The van der Waals surface area contributed by atoms with Crippen LogP contribution in [0.2, 0.25) is 0 Å². The Labute approximate surface area is 123 Å². The average Bonchev–Trinajstić information content (AvgIpc) is 2.42. The van der Waals surface area contributed by atoms with Gasteiger partial charge in [0.1, 0.15) is 11.6 Å². The van der Waals surface area contributed by atoms with E-state index in [1.807, 2.05) is 12.1 Å². The van der Waals surface area contributed by atoms with Crippen LogP contribution in [-0.4, -0.2) is 12.5 Å². The molecule has 0 aliphatic carbocycles. The summed E-state index contributed by atoms with van der Waals surface area (Å²) in [6.07, 6.45) is 0. The summed E-state index contributed by atoms with van der Waals surface area (Å²) in [5.74, 6) is -0.305. The van der Waals surface area contributed by atoms with Crippen molar-refractivity contribution in [3.05, 3.63) is 52.8 Å². The smallest absolute Gasteiger partial charge is 0.262 e. The third kappa shape index (κ3) is 3.71. The Kier molecular flexibility index (Phi) is 4.57. The number of para-hydroxylation sites is 1. The average molecular weight is 339 g/mol. The number of nitrogens with two attached hydrogens (primary N) is 1. The number of ether oxygens (including phenoxy) is 1. The fourth-order valence-electron chi connectivity index (χ4n) is 1.52. The van der Waals surface area contributed by atoms with Crippen molar-refractivity contribution in [1.29, 1.82) is 0 Å². The van der Waals surface area contributed by atoms with Crippen molar-refractivity contribution >= 4 is 33.2 Å². The SMILES string of the molecule is Nc1cc(NC(=O)COc2ccccc2Br)ccc1F. The first-order valence-corrected chi connectivity index (χ1v) is 6.58. The first-order valence-electron chi connectivity index (χ1n) is 5.78. The molecule has 4 nitrogen and oxygen atoms in total. The molecule has 2 aromatic carbocycles. The summed E-state index contributed by atoms with van der Waals surface area (Å²) in [7, 11) is 0. The van der Waals surface area contributed by atoms with E-state index in [4.69, 9.17) is 10.5 Å². The molecular formula is C14H12BrFN2O2. The molecule has 0 radical (unpaired) electrons. The van der Waals surface area contributed by atoms with E-state index in [-0.39, 0.29) is 18.2 Å². The quantitative estimate of drug-likeness (QED) is 0.841. The van der Waals surface area contributed by atoms with E-state index in [2.05, 4.69) is 21.2 Å². The second kappa shape index (κ2) is 6.38. The molecular weight excluding hydrogens is 327 g/mol. The lowest BCUT2D eigenvalue weighted by Crippen LogP contribution is -2.20. The zero-order chi connectivity index (χ0) is 14.5. The van der Waals surface area contributed by atoms with Crippen molar-refractivity contribution in [2.75, 3.05) is 17.7 Å². The molecule has 20 heavy (non-hydrogen) atoms. The summed E-state index contributed by atoms with van der Waals surface area (Å²) in [4.78, 5) is 11.7. The van der Waals surface area contributed by atoms with Gasteiger partial charge >= 0.3 is 0 Å². The predicted octanol–water partition coefficient (Wildman–Crippen LogP) is 3.19. The number of hydrogen-bond donors (Lipinski definition) is 2. The molecule has 0 aliphatic rings. The van der Waals surface area contributed by atoms with Crippen LogP contribution in [0.3, 0.4) is 0 Å². The largest absolute Gasteiger partial charge is 0.483 e. The molecule has 104 valence electrons. The minimum Gasteiger partial charge on any atom is -0.483 e. The maximum absolute atomic E-state index is 13.0. The Hall–Kier alpha value is -2.08. The van der Waals surface area contributed by atoms with Gasteiger partial charge in [-0.2, -0.15) is 0 Å². The molecule has 0 aliphatic heterocycles. The topological polar surface area (TPSA) is 64.3 Å². The monoisotopic (exact) mass is 338 g/mol. The third-order valence-corrected chi connectivity index (χ3v) is 3.13. The molecule has 3 N–H and O–H groups in total. The number of halogens is 2. The molecule has 0 heterocycles. The highest BCUT2D eigenvalue weighted by Crippen LogP contribution is 2.23. The zero-order valence-corrected chi connectivity index (χ0v) is 12.0. The second-order valence-corrected chi connectivity index (χ2v) is 4.86. The summed E-state index contributed by atoms with van der Waals surface area (Å²) >= 11 is 3.32. The van der Waals surface area contributed by atoms with Crippen LogP contribution in [-0.2, 0) is 4.79 Å². The Morgan fingerprint density at radius 1 is 1.30 bits per heavy atom. The van der Waals surface area contributed by atoms with Gasteiger partial charge in [0.15, 0.2) is 6.61 Å². The van der Waals surface area contributed by atoms with Gasteiger partial charge < -0.3 is 15.8 Å². The van der Waals surface area contributed by atoms with Crippen LogP contribution >= 0.6 is 15.9 Å². The van der Waals surface area contributed by atoms with Crippen molar-refractivity contribution in [3.63, 3.8) is 0 Å². The molecule has 2 rings (SSSR count). The highest BCUT2D eigenvalue weighted by Gasteiger charge is 2.07. The summed E-state index contributed by atoms with van der Waals surface area (Å²) in [5.41, 5.74) is 5.82. The maximum Gasteiger partial charge on any atom is 0.262 e. The minimum absolute atomic E-state index is 0.0190. The predicted molar refractivity (Wildman–Crippen MR) is 79.1 cm³/mol. The standard InChI is InChI=1S/C14H12BrFN2O2/c15-10-3-1-2-4-13(10)20-8-14(19)18-9-5-6-11(16)12(17)7-9/h1-7H,8,17H2,(H,18,19). The van der Waals surface area contributed by atoms with Gasteiger partial charge in [-0.25, -0.2) is 4.39 Å². The number of carbonyl (C=O) groups is 1. The van der Waals surface area contributed by atoms with Gasteiger partial charge in [0.05, 0.1) is 10.2 Å². The van der Waals surface area contributed by atoms with Crippen LogP contribution in [0.25, 0.3) is 0 Å². The minimum atomic E-state index is -0.521. The molecule has 0 bridgehead atoms. The summed E-state index contributed by atoms with van der Waals surface area (Å²) in [5, 5.41) is 2.57. The molecule has 0 saturated heterocycles. The van der Waals surface area contributed by atoms with Crippen LogP contribution in [0, 0.1) is 5.82 Å². The van der Waals surface area contributed by atoms with E-state index >= 15 is 0 Å². The van der Waals surface area contributed by atoms with Crippen LogP contribution in [0.4, 0.5) is 15.8 Å². The lowest BCUT2D eigenvalue weighted by atomic mass is 10.2. The Morgan fingerprint density at radius 2 is 2.05 bits per heavy atom. The Morgan fingerprint density at radius 3 is 2.75 bits per heavy atom.